The quantitative estimate of drug-likeness (QED) is 0.552. The largest absolute Gasteiger partial charge is 0.381 e. The first kappa shape index (κ1) is 9.48. The van der Waals surface area contributed by atoms with Gasteiger partial charge in [-0.15, -0.1) is 0 Å². The second-order valence-corrected chi connectivity index (χ2v) is 2.27. The van der Waals surface area contributed by atoms with E-state index < -0.39 is 12.2 Å². The molecule has 2 nitrogen and oxygen atoms in total. The van der Waals surface area contributed by atoms with Crippen molar-refractivity contribution in [2.24, 2.45) is 0 Å². The van der Waals surface area contributed by atoms with Crippen LogP contribution in [-0.4, -0.2) is 22.4 Å². The Morgan fingerprint density at radius 1 is 1.30 bits per heavy atom. The highest BCUT2D eigenvalue weighted by Gasteiger charge is 1.94. The fraction of sp³-hybridized carbons (Fsp3) is 0.750. The molecule has 0 aliphatic rings. The number of rotatable bonds is 2. The Bertz CT molecular complexity index is 130. The van der Waals surface area contributed by atoms with Crippen LogP contribution in [-0.2, 0) is 0 Å². The summed E-state index contributed by atoms with van der Waals surface area (Å²) >= 11 is 0. The topological polar surface area (TPSA) is 40.5 Å². The van der Waals surface area contributed by atoms with Crippen molar-refractivity contribution in [2.75, 3.05) is 0 Å². The van der Waals surface area contributed by atoms with Crippen molar-refractivity contribution in [1.29, 1.82) is 0 Å². The van der Waals surface area contributed by atoms with Crippen LogP contribution < -0.4 is 0 Å². The number of hydrogen-bond donors (Lipinski definition) is 2. The molecule has 2 heteroatoms. The first-order valence-electron chi connectivity index (χ1n) is 3.54. The summed E-state index contributed by atoms with van der Waals surface area (Å²) in [5, 5.41) is 17.7. The normalized spacial score (nSPS) is 15.2. The average Bonchev–Trinajstić information content (AvgIpc) is 1.85. The molecule has 2 atom stereocenters. The van der Waals surface area contributed by atoms with Gasteiger partial charge in [0.15, 0.2) is 0 Å². The maximum Gasteiger partial charge on any atom is 0.114 e. The Kier molecular flexibility index (Phi) is 5.00. The van der Waals surface area contributed by atoms with Gasteiger partial charge < -0.3 is 10.2 Å². The van der Waals surface area contributed by atoms with Gasteiger partial charge in [0.2, 0.25) is 0 Å². The van der Waals surface area contributed by atoms with E-state index in [0.717, 1.165) is 6.42 Å². The van der Waals surface area contributed by atoms with Gasteiger partial charge in [0, 0.05) is 0 Å². The van der Waals surface area contributed by atoms with Gasteiger partial charge in [0.05, 0.1) is 0 Å². The molecule has 2 unspecified atom stereocenters. The molecule has 2 N–H and O–H groups in total. The van der Waals surface area contributed by atoms with Gasteiger partial charge in [-0.05, 0) is 13.3 Å². The Balaban J connectivity index is 3.57. The lowest BCUT2D eigenvalue weighted by atomic mass is 10.2. The predicted octanol–water partition coefficient (Wildman–Crippen LogP) is 0.532. The number of hydrogen-bond acceptors (Lipinski definition) is 2. The Labute approximate surface area is 61.9 Å². The molecule has 58 valence electrons. The standard InChI is InChI=1S/C8H14O2/c1-3-4-8(10)6-5-7(2)9/h7-10H,3-4H2,1-2H3. The number of aliphatic hydroxyl groups excluding tert-OH is 2. The van der Waals surface area contributed by atoms with Crippen molar-refractivity contribution in [3.05, 3.63) is 0 Å². The molecular weight excluding hydrogens is 128 g/mol. The summed E-state index contributed by atoms with van der Waals surface area (Å²) in [6.45, 7) is 3.55. The van der Waals surface area contributed by atoms with E-state index in [0.29, 0.717) is 6.42 Å². The lowest BCUT2D eigenvalue weighted by Gasteiger charge is -1.97. The lowest BCUT2D eigenvalue weighted by molar-refractivity contribution is 0.218. The molecule has 0 heterocycles. The van der Waals surface area contributed by atoms with E-state index in [-0.39, 0.29) is 0 Å². The zero-order valence-electron chi connectivity index (χ0n) is 6.46. The zero-order chi connectivity index (χ0) is 7.98. The van der Waals surface area contributed by atoms with Crippen LogP contribution in [0.15, 0.2) is 0 Å². The van der Waals surface area contributed by atoms with Crippen molar-refractivity contribution >= 4 is 0 Å². The summed E-state index contributed by atoms with van der Waals surface area (Å²) in [4.78, 5) is 0. The molecule has 0 bridgehead atoms. The third-order valence-electron chi connectivity index (χ3n) is 1.02. The van der Waals surface area contributed by atoms with E-state index in [1.165, 1.54) is 0 Å². The van der Waals surface area contributed by atoms with E-state index in [2.05, 4.69) is 11.8 Å². The zero-order valence-corrected chi connectivity index (χ0v) is 6.46. The fourth-order valence-electron chi connectivity index (χ4n) is 0.562. The van der Waals surface area contributed by atoms with Crippen LogP contribution in [0.4, 0.5) is 0 Å². The summed E-state index contributed by atoms with van der Waals surface area (Å²) in [5.41, 5.74) is 0. The van der Waals surface area contributed by atoms with E-state index in [1.807, 2.05) is 6.92 Å². The Morgan fingerprint density at radius 2 is 1.90 bits per heavy atom. The molecule has 0 fully saturated rings. The van der Waals surface area contributed by atoms with E-state index in [4.69, 9.17) is 10.2 Å². The molecule has 0 rings (SSSR count). The predicted molar refractivity (Wildman–Crippen MR) is 40.4 cm³/mol. The van der Waals surface area contributed by atoms with E-state index in [1.54, 1.807) is 6.92 Å². The minimum absolute atomic E-state index is 0.570. The summed E-state index contributed by atoms with van der Waals surface area (Å²) in [6.07, 6.45) is 0.390. The summed E-state index contributed by atoms with van der Waals surface area (Å²) < 4.78 is 0. The molecule has 0 radical (unpaired) electrons. The van der Waals surface area contributed by atoms with Gasteiger partial charge in [0.1, 0.15) is 12.2 Å². The molecule has 0 saturated carbocycles. The van der Waals surface area contributed by atoms with Crippen LogP contribution in [0, 0.1) is 11.8 Å². The van der Waals surface area contributed by atoms with Crippen molar-refractivity contribution in [3.8, 4) is 11.8 Å². The van der Waals surface area contributed by atoms with Crippen molar-refractivity contribution in [1.82, 2.24) is 0 Å². The third-order valence-corrected chi connectivity index (χ3v) is 1.02. The van der Waals surface area contributed by atoms with Gasteiger partial charge in [-0.25, -0.2) is 0 Å². The van der Waals surface area contributed by atoms with Gasteiger partial charge in [-0.3, -0.25) is 0 Å². The molecular formula is C8H14O2. The lowest BCUT2D eigenvalue weighted by Crippen LogP contribution is -2.03. The minimum atomic E-state index is -0.633. The summed E-state index contributed by atoms with van der Waals surface area (Å²) in [7, 11) is 0. The molecule has 10 heavy (non-hydrogen) atoms. The number of aliphatic hydroxyl groups is 2. The summed E-state index contributed by atoms with van der Waals surface area (Å²) in [5.74, 6) is 5.02. The van der Waals surface area contributed by atoms with Crippen LogP contribution in [0.25, 0.3) is 0 Å². The fourth-order valence-corrected chi connectivity index (χ4v) is 0.562. The molecule has 0 aromatic carbocycles. The van der Waals surface area contributed by atoms with Crippen molar-refractivity contribution < 1.29 is 10.2 Å². The maximum atomic E-state index is 9.01. The maximum absolute atomic E-state index is 9.01. The van der Waals surface area contributed by atoms with Gasteiger partial charge in [-0.1, -0.05) is 25.2 Å². The highest BCUT2D eigenvalue weighted by Crippen LogP contribution is 1.93. The van der Waals surface area contributed by atoms with Crippen LogP contribution in [0.1, 0.15) is 26.7 Å². The monoisotopic (exact) mass is 142 g/mol. The first-order chi connectivity index (χ1) is 4.66. The Morgan fingerprint density at radius 3 is 2.30 bits per heavy atom. The molecule has 0 aliphatic heterocycles. The molecule has 0 spiro atoms. The second-order valence-electron chi connectivity index (χ2n) is 2.27. The first-order valence-corrected chi connectivity index (χ1v) is 3.54. The molecule has 0 aromatic rings. The van der Waals surface area contributed by atoms with Gasteiger partial charge >= 0.3 is 0 Å². The minimum Gasteiger partial charge on any atom is -0.381 e. The summed E-state index contributed by atoms with van der Waals surface area (Å²) in [6, 6.07) is 0. The Hall–Kier alpha value is -0.520. The SMILES string of the molecule is CCCC(O)C#CC(C)O. The van der Waals surface area contributed by atoms with Crippen LogP contribution >= 0.6 is 0 Å². The van der Waals surface area contributed by atoms with Crippen LogP contribution in [0.3, 0.4) is 0 Å². The molecule has 0 aromatic heterocycles. The third kappa shape index (κ3) is 5.61. The van der Waals surface area contributed by atoms with Crippen molar-refractivity contribution in [2.45, 2.75) is 38.9 Å². The average molecular weight is 142 g/mol. The molecule has 0 aliphatic carbocycles. The van der Waals surface area contributed by atoms with Crippen LogP contribution in [0.5, 0.6) is 0 Å². The van der Waals surface area contributed by atoms with Gasteiger partial charge in [-0.2, -0.15) is 0 Å². The van der Waals surface area contributed by atoms with E-state index >= 15 is 0 Å². The second kappa shape index (κ2) is 5.28. The van der Waals surface area contributed by atoms with Crippen LogP contribution in [0.2, 0.25) is 0 Å². The van der Waals surface area contributed by atoms with Crippen molar-refractivity contribution in [3.63, 3.8) is 0 Å². The highest BCUT2D eigenvalue weighted by molar-refractivity contribution is 5.07. The molecule has 0 amide bonds. The van der Waals surface area contributed by atoms with E-state index in [9.17, 15) is 0 Å². The smallest absolute Gasteiger partial charge is 0.114 e. The highest BCUT2D eigenvalue weighted by atomic mass is 16.3. The van der Waals surface area contributed by atoms with Gasteiger partial charge in [0.25, 0.3) is 0 Å². The molecule has 0 saturated heterocycles.